The fourth-order valence-electron chi connectivity index (χ4n) is 10.1. The lowest BCUT2D eigenvalue weighted by atomic mass is 9.67. The second-order valence-corrected chi connectivity index (χ2v) is 16.0. The molecule has 0 bridgehead atoms. The lowest BCUT2D eigenvalue weighted by molar-refractivity contribution is 0.769. The standard InChI is InChI=1S/C59H38N2/c1-5-18-39(19-6-1)55-38-56(61-58(60-55)40-20-7-2-8-21-40)42-33-35-51-52(36-42)47-27-14-13-26-46(47)50-30-17-29-45(57(50)51)41-32-34-49-48-28-15-16-31-53(48)59(54(49)37-41,43-22-9-3-10-23-43)44-24-11-4-12-25-44/h1-38H. The summed E-state index contributed by atoms with van der Waals surface area (Å²) in [7, 11) is 0. The van der Waals surface area contributed by atoms with Gasteiger partial charge in [0, 0.05) is 16.7 Å². The number of aromatic nitrogens is 2. The summed E-state index contributed by atoms with van der Waals surface area (Å²) in [5, 5.41) is 7.37. The lowest BCUT2D eigenvalue weighted by Crippen LogP contribution is -2.28. The van der Waals surface area contributed by atoms with E-state index in [-0.39, 0.29) is 0 Å². The van der Waals surface area contributed by atoms with Gasteiger partial charge in [0.05, 0.1) is 16.8 Å². The van der Waals surface area contributed by atoms with E-state index in [4.69, 9.17) is 9.97 Å². The predicted molar refractivity (Wildman–Crippen MR) is 254 cm³/mol. The van der Waals surface area contributed by atoms with Crippen LogP contribution >= 0.6 is 0 Å². The third-order valence-electron chi connectivity index (χ3n) is 12.8. The van der Waals surface area contributed by atoms with Gasteiger partial charge in [0.1, 0.15) is 0 Å². The first-order valence-corrected chi connectivity index (χ1v) is 21.0. The molecule has 61 heavy (non-hydrogen) atoms. The molecule has 0 radical (unpaired) electrons. The van der Waals surface area contributed by atoms with Crippen LogP contribution < -0.4 is 0 Å². The van der Waals surface area contributed by atoms with Gasteiger partial charge in [0.15, 0.2) is 5.82 Å². The summed E-state index contributed by atoms with van der Waals surface area (Å²) >= 11 is 0. The Labute approximate surface area is 355 Å². The number of fused-ring (bicyclic) bond motifs is 9. The molecule has 0 aliphatic heterocycles. The van der Waals surface area contributed by atoms with Crippen LogP contribution in [-0.2, 0) is 5.41 Å². The van der Waals surface area contributed by atoms with E-state index in [0.717, 1.165) is 28.1 Å². The van der Waals surface area contributed by atoms with E-state index in [1.165, 1.54) is 76.8 Å². The van der Waals surface area contributed by atoms with Crippen LogP contribution in [0.25, 0.3) is 88.5 Å². The van der Waals surface area contributed by atoms with E-state index in [2.05, 4.69) is 206 Å². The molecule has 1 aromatic heterocycles. The van der Waals surface area contributed by atoms with E-state index in [0.29, 0.717) is 5.82 Å². The molecule has 11 aromatic rings. The maximum Gasteiger partial charge on any atom is 0.160 e. The van der Waals surface area contributed by atoms with Crippen molar-refractivity contribution in [2.45, 2.75) is 5.41 Å². The molecule has 2 heteroatoms. The second kappa shape index (κ2) is 14.1. The summed E-state index contributed by atoms with van der Waals surface area (Å²) in [6.45, 7) is 0. The molecule has 2 nitrogen and oxygen atoms in total. The SMILES string of the molecule is c1ccc(-c2cc(-c3ccc4c(c3)c3ccccc3c3cccc(-c5ccc6c(c5)C(c5ccccc5)(c5ccccc5)c5ccccc5-6)c34)nc(-c3ccccc3)n2)cc1. The number of hydrogen-bond donors (Lipinski definition) is 0. The minimum atomic E-state index is -0.479. The van der Waals surface area contributed by atoms with Gasteiger partial charge in [0.25, 0.3) is 0 Å². The highest BCUT2D eigenvalue weighted by molar-refractivity contribution is 6.28. The molecule has 0 unspecified atom stereocenters. The van der Waals surface area contributed by atoms with Crippen LogP contribution in [0.5, 0.6) is 0 Å². The molecule has 0 saturated carbocycles. The Morgan fingerprint density at radius 3 is 1.49 bits per heavy atom. The summed E-state index contributed by atoms with van der Waals surface area (Å²) in [6.07, 6.45) is 0. The van der Waals surface area contributed by atoms with Crippen molar-refractivity contribution in [1.29, 1.82) is 0 Å². The normalized spacial score (nSPS) is 12.7. The number of nitrogens with zero attached hydrogens (tertiary/aromatic N) is 2. The molecular weight excluding hydrogens is 737 g/mol. The van der Waals surface area contributed by atoms with E-state index in [9.17, 15) is 0 Å². The van der Waals surface area contributed by atoms with Crippen molar-refractivity contribution in [1.82, 2.24) is 9.97 Å². The summed E-state index contributed by atoms with van der Waals surface area (Å²) in [5.41, 5.74) is 14.6. The molecule has 0 atom stereocenters. The topological polar surface area (TPSA) is 25.8 Å². The van der Waals surface area contributed by atoms with Crippen molar-refractivity contribution in [2.24, 2.45) is 0 Å². The van der Waals surface area contributed by atoms with Gasteiger partial charge < -0.3 is 0 Å². The Bertz CT molecular complexity index is 3350. The van der Waals surface area contributed by atoms with Crippen LogP contribution in [0.2, 0.25) is 0 Å². The van der Waals surface area contributed by atoms with E-state index < -0.39 is 5.41 Å². The van der Waals surface area contributed by atoms with Crippen molar-refractivity contribution in [2.75, 3.05) is 0 Å². The lowest BCUT2D eigenvalue weighted by Gasteiger charge is -2.34. The molecular formula is C59H38N2. The number of rotatable bonds is 6. The molecule has 0 amide bonds. The summed E-state index contributed by atoms with van der Waals surface area (Å²) in [6, 6.07) is 83.7. The molecule has 0 N–H and O–H groups in total. The predicted octanol–water partition coefficient (Wildman–Crippen LogP) is 15.0. The second-order valence-electron chi connectivity index (χ2n) is 16.0. The van der Waals surface area contributed by atoms with Gasteiger partial charge in [-0.15, -0.1) is 0 Å². The van der Waals surface area contributed by atoms with Crippen LogP contribution in [0.1, 0.15) is 22.3 Å². The van der Waals surface area contributed by atoms with Crippen LogP contribution in [-0.4, -0.2) is 9.97 Å². The molecule has 284 valence electrons. The summed E-state index contributed by atoms with van der Waals surface area (Å²) in [4.78, 5) is 10.3. The third-order valence-corrected chi connectivity index (χ3v) is 12.8. The zero-order chi connectivity index (χ0) is 40.3. The minimum absolute atomic E-state index is 0.479. The molecule has 0 spiro atoms. The van der Waals surface area contributed by atoms with Gasteiger partial charge in [0.2, 0.25) is 0 Å². The average molecular weight is 775 g/mol. The minimum Gasteiger partial charge on any atom is -0.228 e. The molecule has 0 saturated heterocycles. The van der Waals surface area contributed by atoms with Crippen LogP contribution in [0.3, 0.4) is 0 Å². The molecule has 1 aliphatic carbocycles. The first-order chi connectivity index (χ1) is 30.3. The van der Waals surface area contributed by atoms with E-state index >= 15 is 0 Å². The molecule has 1 heterocycles. The Kier molecular flexibility index (Phi) is 8.11. The molecule has 12 rings (SSSR count). The summed E-state index contributed by atoms with van der Waals surface area (Å²) < 4.78 is 0. The maximum atomic E-state index is 5.22. The highest BCUT2D eigenvalue weighted by Crippen LogP contribution is 2.57. The van der Waals surface area contributed by atoms with Crippen LogP contribution in [0.4, 0.5) is 0 Å². The Balaban J connectivity index is 1.10. The van der Waals surface area contributed by atoms with Crippen LogP contribution in [0, 0.1) is 0 Å². The van der Waals surface area contributed by atoms with E-state index in [1.54, 1.807) is 0 Å². The van der Waals surface area contributed by atoms with Crippen molar-refractivity contribution >= 4 is 32.3 Å². The fourth-order valence-corrected chi connectivity index (χ4v) is 10.1. The van der Waals surface area contributed by atoms with Gasteiger partial charge >= 0.3 is 0 Å². The van der Waals surface area contributed by atoms with Gasteiger partial charge in [-0.25, -0.2) is 9.97 Å². The molecule has 10 aromatic carbocycles. The Hall–Kier alpha value is -7.94. The monoisotopic (exact) mass is 774 g/mol. The largest absolute Gasteiger partial charge is 0.228 e. The summed E-state index contributed by atoms with van der Waals surface area (Å²) in [5.74, 6) is 0.712. The van der Waals surface area contributed by atoms with Gasteiger partial charge in [-0.3, -0.25) is 0 Å². The van der Waals surface area contributed by atoms with Crippen molar-refractivity contribution in [3.05, 3.63) is 253 Å². The van der Waals surface area contributed by atoms with Gasteiger partial charge in [-0.1, -0.05) is 212 Å². The highest BCUT2D eigenvalue weighted by atomic mass is 14.9. The first kappa shape index (κ1) is 35.0. The third kappa shape index (κ3) is 5.50. The average Bonchev–Trinajstić information content (AvgIpc) is 3.65. The van der Waals surface area contributed by atoms with E-state index in [1.807, 2.05) is 24.3 Å². The first-order valence-electron chi connectivity index (χ1n) is 21.0. The van der Waals surface area contributed by atoms with Crippen molar-refractivity contribution in [3.63, 3.8) is 0 Å². The molecule has 1 aliphatic rings. The van der Waals surface area contributed by atoms with Gasteiger partial charge in [-0.05, 0) is 95.0 Å². The number of hydrogen-bond acceptors (Lipinski definition) is 2. The number of benzene rings is 10. The highest BCUT2D eigenvalue weighted by Gasteiger charge is 2.46. The maximum absolute atomic E-state index is 5.22. The van der Waals surface area contributed by atoms with Gasteiger partial charge in [-0.2, -0.15) is 0 Å². The smallest absolute Gasteiger partial charge is 0.160 e. The zero-order valence-corrected chi connectivity index (χ0v) is 33.3. The van der Waals surface area contributed by atoms with Crippen LogP contribution in [0.15, 0.2) is 231 Å². The Morgan fingerprint density at radius 2 is 0.787 bits per heavy atom. The van der Waals surface area contributed by atoms with Crippen molar-refractivity contribution in [3.8, 4) is 56.2 Å². The quantitative estimate of drug-likeness (QED) is 0.157. The zero-order valence-electron chi connectivity index (χ0n) is 33.3. The fraction of sp³-hybridized carbons (Fsp3) is 0.0169. The Morgan fingerprint density at radius 1 is 0.279 bits per heavy atom. The molecule has 0 fully saturated rings. The van der Waals surface area contributed by atoms with Crippen molar-refractivity contribution < 1.29 is 0 Å².